The summed E-state index contributed by atoms with van der Waals surface area (Å²) in [5, 5.41) is 8.47. The number of unbranched alkanes of at least 4 members (excludes halogenated alkanes) is 1. The van der Waals surface area contributed by atoms with E-state index in [4.69, 9.17) is 0 Å². The first kappa shape index (κ1) is 22.7. The summed E-state index contributed by atoms with van der Waals surface area (Å²) >= 11 is 0. The molecule has 2 saturated heterocycles. The van der Waals surface area contributed by atoms with Crippen molar-refractivity contribution in [1.82, 2.24) is 29.9 Å². The monoisotopic (exact) mass is 413 g/mol. The van der Waals surface area contributed by atoms with Crippen LogP contribution in [0.5, 0.6) is 0 Å². The molecule has 30 heavy (non-hydrogen) atoms. The molecule has 7 heteroatoms. The molecule has 0 radical (unpaired) electrons. The van der Waals surface area contributed by atoms with Crippen molar-refractivity contribution in [3.63, 3.8) is 0 Å². The summed E-state index contributed by atoms with van der Waals surface area (Å²) < 4.78 is 1.93. The second kappa shape index (κ2) is 10.8. The predicted molar refractivity (Wildman–Crippen MR) is 122 cm³/mol. The zero-order valence-electron chi connectivity index (χ0n) is 19.5. The molecule has 0 spiro atoms. The van der Waals surface area contributed by atoms with Crippen LogP contribution in [-0.2, 0) is 19.4 Å². The average Bonchev–Trinajstić information content (AvgIpc) is 3.28. The molecular weight excluding hydrogens is 374 g/mol. The number of aryl methyl sites for hydroxylation is 2. The molecule has 4 rings (SSSR count). The van der Waals surface area contributed by atoms with Gasteiger partial charge in [-0.05, 0) is 44.2 Å². The molecule has 166 valence electrons. The Morgan fingerprint density at radius 3 is 2.20 bits per heavy atom. The molecule has 0 saturated carbocycles. The van der Waals surface area contributed by atoms with E-state index in [0.717, 1.165) is 49.7 Å². The van der Waals surface area contributed by atoms with E-state index < -0.39 is 0 Å². The van der Waals surface area contributed by atoms with Crippen LogP contribution >= 0.6 is 0 Å². The van der Waals surface area contributed by atoms with Crippen LogP contribution in [0.25, 0.3) is 0 Å². The Morgan fingerprint density at radius 1 is 1.00 bits per heavy atom. The summed E-state index contributed by atoms with van der Waals surface area (Å²) in [6.07, 6.45) is 12.9. The van der Waals surface area contributed by atoms with Crippen LogP contribution in [0.3, 0.4) is 0 Å². The van der Waals surface area contributed by atoms with Gasteiger partial charge in [-0.15, -0.1) is 5.10 Å². The molecule has 4 heterocycles. The van der Waals surface area contributed by atoms with E-state index in [1.807, 2.05) is 17.1 Å². The molecule has 0 aliphatic carbocycles. The number of fused-ring (bicyclic) bond motifs is 2. The van der Waals surface area contributed by atoms with Crippen molar-refractivity contribution in [3.05, 3.63) is 29.8 Å². The van der Waals surface area contributed by atoms with E-state index in [1.165, 1.54) is 25.7 Å². The van der Waals surface area contributed by atoms with Gasteiger partial charge in [0.2, 0.25) is 5.95 Å². The maximum Gasteiger partial charge on any atom is 0.225 e. The smallest absolute Gasteiger partial charge is 0.225 e. The van der Waals surface area contributed by atoms with Crippen LogP contribution in [-0.4, -0.2) is 62.1 Å². The highest BCUT2D eigenvalue weighted by molar-refractivity contribution is 5.37. The van der Waals surface area contributed by atoms with E-state index in [9.17, 15) is 0 Å². The average molecular weight is 414 g/mol. The van der Waals surface area contributed by atoms with Gasteiger partial charge in [-0.25, -0.2) is 9.97 Å². The van der Waals surface area contributed by atoms with Crippen molar-refractivity contribution in [1.29, 1.82) is 0 Å². The fourth-order valence-electron chi connectivity index (χ4n) is 4.24. The SMILES string of the molecule is CC(C)Cn1cc(CCc2cnc(N3C4CCC3CN(C)C4)nc2)nn1.CCCC. The maximum atomic E-state index is 4.68. The van der Waals surface area contributed by atoms with Crippen molar-refractivity contribution in [2.45, 2.75) is 84.8 Å². The molecule has 2 aromatic rings. The Kier molecular flexibility index (Phi) is 8.19. The quantitative estimate of drug-likeness (QED) is 0.691. The van der Waals surface area contributed by atoms with Gasteiger partial charge in [0, 0.05) is 50.3 Å². The fraction of sp³-hybridized carbons (Fsp3) is 0.739. The van der Waals surface area contributed by atoms with E-state index in [-0.39, 0.29) is 0 Å². The minimum atomic E-state index is 0.570. The number of aromatic nitrogens is 5. The molecular formula is C23H39N7. The fourth-order valence-corrected chi connectivity index (χ4v) is 4.24. The zero-order chi connectivity index (χ0) is 21.5. The first-order chi connectivity index (χ1) is 14.5. The molecule has 2 atom stereocenters. The number of likely N-dealkylation sites (N-methyl/N-ethyl adjacent to an activating group) is 1. The topological polar surface area (TPSA) is 63.0 Å². The van der Waals surface area contributed by atoms with Crippen LogP contribution in [0.15, 0.2) is 18.6 Å². The lowest BCUT2D eigenvalue weighted by Gasteiger charge is -2.39. The van der Waals surface area contributed by atoms with Crippen molar-refractivity contribution in [3.8, 4) is 0 Å². The Labute approximate surface area is 181 Å². The Balaban J connectivity index is 0.000000589. The van der Waals surface area contributed by atoms with Gasteiger partial charge in [-0.2, -0.15) is 0 Å². The lowest BCUT2D eigenvalue weighted by molar-refractivity contribution is 0.262. The van der Waals surface area contributed by atoms with Gasteiger partial charge in [0.1, 0.15) is 0 Å². The summed E-state index contributed by atoms with van der Waals surface area (Å²) in [6, 6.07) is 1.14. The number of hydrogen-bond acceptors (Lipinski definition) is 6. The van der Waals surface area contributed by atoms with Crippen molar-refractivity contribution >= 4 is 5.95 Å². The summed E-state index contributed by atoms with van der Waals surface area (Å²) in [5.41, 5.74) is 2.19. The van der Waals surface area contributed by atoms with Crippen LogP contribution in [0.2, 0.25) is 0 Å². The number of likely N-dealkylation sites (tertiary alicyclic amines) is 1. The van der Waals surface area contributed by atoms with E-state index in [2.05, 4.69) is 71.0 Å². The number of hydrogen-bond donors (Lipinski definition) is 0. The van der Waals surface area contributed by atoms with Crippen molar-refractivity contribution in [2.24, 2.45) is 5.92 Å². The Morgan fingerprint density at radius 2 is 1.63 bits per heavy atom. The number of nitrogens with zero attached hydrogens (tertiary/aromatic N) is 7. The predicted octanol–water partition coefficient (Wildman–Crippen LogP) is 3.60. The third-order valence-electron chi connectivity index (χ3n) is 5.90. The van der Waals surface area contributed by atoms with Gasteiger partial charge in [0.05, 0.1) is 5.69 Å². The minimum absolute atomic E-state index is 0.570. The summed E-state index contributed by atoms with van der Waals surface area (Å²) in [4.78, 5) is 14.2. The highest BCUT2D eigenvalue weighted by Crippen LogP contribution is 2.32. The molecule has 0 amide bonds. The number of piperazine rings is 1. The first-order valence-corrected chi connectivity index (χ1v) is 11.7. The van der Waals surface area contributed by atoms with Crippen LogP contribution in [0, 0.1) is 5.92 Å². The zero-order valence-corrected chi connectivity index (χ0v) is 19.5. The second-order valence-electron chi connectivity index (χ2n) is 9.23. The molecule has 2 bridgehead atoms. The summed E-state index contributed by atoms with van der Waals surface area (Å²) in [5.74, 6) is 1.48. The second-order valence-corrected chi connectivity index (χ2v) is 9.23. The van der Waals surface area contributed by atoms with E-state index in [0.29, 0.717) is 18.0 Å². The molecule has 7 nitrogen and oxygen atoms in total. The first-order valence-electron chi connectivity index (χ1n) is 11.7. The highest BCUT2D eigenvalue weighted by atomic mass is 15.4. The standard InChI is InChI=1S/C19H29N7.C4H10/c1-14(2)10-25-11-16(22-23-25)5-4-15-8-20-19(21-9-15)26-17-6-7-18(26)13-24(3)12-17;1-3-4-2/h8-9,11,14,17-18H,4-7,10,12-13H2,1-3H3;3-4H2,1-2H3. The number of rotatable bonds is 7. The molecule has 2 fully saturated rings. The molecule has 2 aliphatic rings. The van der Waals surface area contributed by atoms with Crippen LogP contribution in [0.1, 0.15) is 64.6 Å². The highest BCUT2D eigenvalue weighted by Gasteiger charge is 2.40. The van der Waals surface area contributed by atoms with E-state index in [1.54, 1.807) is 0 Å². The van der Waals surface area contributed by atoms with Crippen molar-refractivity contribution in [2.75, 3.05) is 25.0 Å². The van der Waals surface area contributed by atoms with Gasteiger partial charge < -0.3 is 9.80 Å². The normalized spacial score (nSPS) is 21.1. The minimum Gasteiger partial charge on any atom is -0.332 e. The maximum absolute atomic E-state index is 4.68. The van der Waals surface area contributed by atoms with Gasteiger partial charge in [-0.1, -0.05) is 45.7 Å². The number of anilines is 1. The summed E-state index contributed by atoms with van der Waals surface area (Å²) in [7, 11) is 2.21. The van der Waals surface area contributed by atoms with Crippen LogP contribution < -0.4 is 4.90 Å². The van der Waals surface area contributed by atoms with Crippen molar-refractivity contribution < 1.29 is 0 Å². The van der Waals surface area contributed by atoms with Crippen LogP contribution in [0.4, 0.5) is 5.95 Å². The molecule has 2 unspecified atom stereocenters. The third-order valence-corrected chi connectivity index (χ3v) is 5.90. The van der Waals surface area contributed by atoms with E-state index >= 15 is 0 Å². The molecule has 0 N–H and O–H groups in total. The molecule has 2 aliphatic heterocycles. The van der Waals surface area contributed by atoms with Gasteiger partial charge in [0.25, 0.3) is 0 Å². The third kappa shape index (κ3) is 6.00. The summed E-state index contributed by atoms with van der Waals surface area (Å²) in [6.45, 7) is 11.9. The van der Waals surface area contributed by atoms with Gasteiger partial charge in [0.15, 0.2) is 0 Å². The Hall–Kier alpha value is -2.02. The lowest BCUT2D eigenvalue weighted by atomic mass is 10.1. The van der Waals surface area contributed by atoms with Gasteiger partial charge >= 0.3 is 0 Å². The Bertz CT molecular complexity index is 739. The lowest BCUT2D eigenvalue weighted by Crippen LogP contribution is -2.53. The molecule has 0 aromatic carbocycles. The largest absolute Gasteiger partial charge is 0.332 e. The van der Waals surface area contributed by atoms with Gasteiger partial charge in [-0.3, -0.25) is 4.68 Å². The molecule has 2 aromatic heterocycles.